The van der Waals surface area contributed by atoms with Crippen LogP contribution in [0.15, 0.2) is 18.2 Å². The van der Waals surface area contributed by atoms with Crippen LogP contribution in [0.3, 0.4) is 0 Å². The topological polar surface area (TPSA) is 15.3 Å². The van der Waals surface area contributed by atoms with Gasteiger partial charge in [-0.25, -0.2) is 0 Å². The van der Waals surface area contributed by atoms with E-state index in [9.17, 15) is 13.2 Å². The third kappa shape index (κ3) is 4.01. The van der Waals surface area contributed by atoms with E-state index in [0.717, 1.165) is 50.7 Å². The molecule has 1 atom stereocenters. The Bertz CT molecular complexity index is 535. The van der Waals surface area contributed by atoms with E-state index < -0.39 is 11.7 Å². The minimum Gasteiger partial charge on any atom is -0.314 e. The molecule has 2 fully saturated rings. The van der Waals surface area contributed by atoms with Crippen LogP contribution in [0.4, 0.5) is 13.2 Å². The summed E-state index contributed by atoms with van der Waals surface area (Å²) in [5.41, 5.74) is 0.0803. The van der Waals surface area contributed by atoms with Crippen LogP contribution in [0.1, 0.15) is 42.9 Å². The Labute approximate surface area is 140 Å². The molecule has 1 aliphatic carbocycles. The molecule has 0 spiro atoms. The van der Waals surface area contributed by atoms with Gasteiger partial charge in [-0.3, -0.25) is 4.90 Å². The molecule has 23 heavy (non-hydrogen) atoms. The van der Waals surface area contributed by atoms with Crippen LogP contribution >= 0.6 is 11.6 Å². The van der Waals surface area contributed by atoms with Crippen molar-refractivity contribution in [2.24, 2.45) is 5.92 Å². The van der Waals surface area contributed by atoms with Gasteiger partial charge < -0.3 is 5.32 Å². The fourth-order valence-corrected chi connectivity index (χ4v) is 4.20. The Morgan fingerprint density at radius 1 is 1.09 bits per heavy atom. The van der Waals surface area contributed by atoms with Gasteiger partial charge in [0, 0.05) is 37.2 Å². The first kappa shape index (κ1) is 17.1. The number of hydrogen-bond donors (Lipinski definition) is 1. The van der Waals surface area contributed by atoms with Gasteiger partial charge in [-0.05, 0) is 42.5 Å². The molecule has 6 heteroatoms. The maximum atomic E-state index is 13.1. The quantitative estimate of drug-likeness (QED) is 0.867. The lowest BCUT2D eigenvalue weighted by molar-refractivity contribution is -0.137. The molecule has 1 heterocycles. The highest BCUT2D eigenvalue weighted by Crippen LogP contribution is 2.42. The van der Waals surface area contributed by atoms with Crippen LogP contribution in [0.5, 0.6) is 0 Å². The molecule has 1 aromatic rings. The third-order valence-corrected chi connectivity index (χ3v) is 5.20. The van der Waals surface area contributed by atoms with Crippen LogP contribution < -0.4 is 5.32 Å². The van der Waals surface area contributed by atoms with Crippen molar-refractivity contribution >= 4 is 11.6 Å². The molecule has 128 valence electrons. The predicted octanol–water partition coefficient (Wildman–Crippen LogP) is 4.50. The number of nitrogens with zero attached hydrogens (tertiary/aromatic N) is 1. The zero-order chi connectivity index (χ0) is 16.4. The molecule has 0 aromatic heterocycles. The number of piperazine rings is 1. The Kier molecular flexibility index (Phi) is 5.19. The average Bonchev–Trinajstić information content (AvgIpc) is 3.01. The summed E-state index contributed by atoms with van der Waals surface area (Å²) < 4.78 is 39.4. The van der Waals surface area contributed by atoms with Crippen LogP contribution in [0, 0.1) is 5.92 Å². The summed E-state index contributed by atoms with van der Waals surface area (Å²) in [4.78, 5) is 2.33. The molecule has 3 rings (SSSR count). The van der Waals surface area contributed by atoms with Crippen molar-refractivity contribution in [3.63, 3.8) is 0 Å². The van der Waals surface area contributed by atoms with E-state index in [0.29, 0.717) is 5.92 Å². The van der Waals surface area contributed by atoms with Crippen LogP contribution in [0.25, 0.3) is 0 Å². The number of benzene rings is 1. The highest BCUT2D eigenvalue weighted by Gasteiger charge is 2.35. The molecule has 1 aromatic carbocycles. The molecular weight excluding hydrogens is 325 g/mol. The largest absolute Gasteiger partial charge is 0.416 e. The van der Waals surface area contributed by atoms with Crippen molar-refractivity contribution in [2.75, 3.05) is 26.2 Å². The van der Waals surface area contributed by atoms with Crippen molar-refractivity contribution in [3.05, 3.63) is 34.3 Å². The van der Waals surface area contributed by atoms with Crippen LogP contribution in [-0.2, 0) is 6.18 Å². The number of rotatable bonds is 3. The molecule has 0 unspecified atom stereocenters. The number of alkyl halides is 3. The highest BCUT2D eigenvalue weighted by atomic mass is 35.5. The van der Waals surface area contributed by atoms with E-state index in [2.05, 4.69) is 10.2 Å². The summed E-state index contributed by atoms with van der Waals surface area (Å²) in [6, 6.07) is 4.09. The summed E-state index contributed by atoms with van der Waals surface area (Å²) in [5.74, 6) is 0.424. The lowest BCUT2D eigenvalue weighted by Gasteiger charge is -2.39. The predicted molar refractivity (Wildman–Crippen MR) is 85.6 cm³/mol. The lowest BCUT2D eigenvalue weighted by atomic mass is 9.89. The Hall–Kier alpha value is -0.780. The van der Waals surface area contributed by atoms with Crippen molar-refractivity contribution in [2.45, 2.75) is 37.9 Å². The molecular formula is C17H22ClF3N2. The molecule has 1 aliphatic heterocycles. The van der Waals surface area contributed by atoms with Crippen molar-refractivity contribution < 1.29 is 13.2 Å². The first-order valence-corrected chi connectivity index (χ1v) is 8.65. The average molecular weight is 347 g/mol. The highest BCUT2D eigenvalue weighted by molar-refractivity contribution is 6.30. The second-order valence-electron chi connectivity index (χ2n) is 6.55. The lowest BCUT2D eigenvalue weighted by Crippen LogP contribution is -2.46. The minimum absolute atomic E-state index is 0.0411. The molecule has 0 radical (unpaired) electrons. The molecule has 0 bridgehead atoms. The number of hydrogen-bond acceptors (Lipinski definition) is 2. The first-order valence-electron chi connectivity index (χ1n) is 8.27. The van der Waals surface area contributed by atoms with Crippen LogP contribution in [-0.4, -0.2) is 31.1 Å². The maximum absolute atomic E-state index is 13.1. The van der Waals surface area contributed by atoms with Gasteiger partial charge in [0.15, 0.2) is 0 Å². The van der Waals surface area contributed by atoms with Gasteiger partial charge in [0.05, 0.1) is 5.56 Å². The van der Waals surface area contributed by atoms with Gasteiger partial charge in [-0.1, -0.05) is 24.4 Å². The minimum atomic E-state index is -4.36. The maximum Gasteiger partial charge on any atom is 0.416 e. The van der Waals surface area contributed by atoms with E-state index in [-0.39, 0.29) is 11.1 Å². The molecule has 0 amide bonds. The fraction of sp³-hybridized carbons (Fsp3) is 0.647. The first-order chi connectivity index (χ1) is 10.9. The van der Waals surface area contributed by atoms with Gasteiger partial charge in [-0.2, -0.15) is 13.2 Å². The van der Waals surface area contributed by atoms with E-state index in [1.807, 2.05) is 0 Å². The summed E-state index contributed by atoms with van der Waals surface area (Å²) in [6.45, 7) is 3.51. The Morgan fingerprint density at radius 2 is 1.74 bits per heavy atom. The standard InChI is InChI=1S/C17H22ClF3N2/c18-15-10-13(9-14(11-15)17(19,20)21)16(12-3-1-2-4-12)23-7-5-22-6-8-23/h9-12,16,22H,1-8H2/t16-/m0/s1. The van der Waals surface area contributed by atoms with Crippen LogP contribution in [0.2, 0.25) is 5.02 Å². The Balaban J connectivity index is 1.96. The fourth-order valence-electron chi connectivity index (χ4n) is 3.96. The van der Waals surface area contributed by atoms with E-state index in [1.54, 1.807) is 6.07 Å². The number of nitrogens with one attached hydrogen (secondary N) is 1. The summed E-state index contributed by atoms with van der Waals surface area (Å²) in [5, 5.41) is 3.48. The SMILES string of the molecule is FC(F)(F)c1cc(Cl)cc([C@H](C2CCCC2)N2CCNCC2)c1. The van der Waals surface area contributed by atoms with Gasteiger partial charge in [0.2, 0.25) is 0 Å². The zero-order valence-corrected chi connectivity index (χ0v) is 13.8. The van der Waals surface area contributed by atoms with Crippen molar-refractivity contribution in [1.82, 2.24) is 10.2 Å². The smallest absolute Gasteiger partial charge is 0.314 e. The molecule has 2 nitrogen and oxygen atoms in total. The van der Waals surface area contributed by atoms with Gasteiger partial charge in [0.1, 0.15) is 0 Å². The van der Waals surface area contributed by atoms with Gasteiger partial charge in [-0.15, -0.1) is 0 Å². The summed E-state index contributed by atoms with van der Waals surface area (Å²) in [6.07, 6.45) is 0.147. The van der Waals surface area contributed by atoms with Gasteiger partial charge >= 0.3 is 6.18 Å². The second-order valence-corrected chi connectivity index (χ2v) is 6.98. The normalized spacial score (nSPS) is 22.4. The van der Waals surface area contributed by atoms with E-state index >= 15 is 0 Å². The third-order valence-electron chi connectivity index (χ3n) is 4.98. The second kappa shape index (κ2) is 6.99. The summed E-state index contributed by atoms with van der Waals surface area (Å²) >= 11 is 6.01. The van der Waals surface area contributed by atoms with Gasteiger partial charge in [0.25, 0.3) is 0 Å². The van der Waals surface area contributed by atoms with Crippen molar-refractivity contribution in [3.8, 4) is 0 Å². The van der Waals surface area contributed by atoms with E-state index in [1.165, 1.54) is 18.9 Å². The Morgan fingerprint density at radius 3 is 2.35 bits per heavy atom. The number of halogens is 4. The van der Waals surface area contributed by atoms with E-state index in [4.69, 9.17) is 11.6 Å². The van der Waals surface area contributed by atoms with Crippen molar-refractivity contribution in [1.29, 1.82) is 0 Å². The summed E-state index contributed by atoms with van der Waals surface area (Å²) in [7, 11) is 0. The molecule has 1 saturated heterocycles. The molecule has 1 saturated carbocycles. The monoisotopic (exact) mass is 346 g/mol. The molecule has 2 aliphatic rings. The molecule has 1 N–H and O–H groups in total. The zero-order valence-electron chi connectivity index (χ0n) is 13.0.